The predicted octanol–water partition coefficient (Wildman–Crippen LogP) is 0.498. The van der Waals surface area contributed by atoms with Gasteiger partial charge in [-0.2, -0.15) is 0 Å². The lowest BCUT2D eigenvalue weighted by molar-refractivity contribution is -0.160. The molecule has 5 nitrogen and oxygen atoms in total. The van der Waals surface area contributed by atoms with Crippen molar-refractivity contribution in [2.24, 2.45) is 0 Å². The highest BCUT2D eigenvalue weighted by molar-refractivity contribution is 5.69. The van der Waals surface area contributed by atoms with Crippen molar-refractivity contribution < 1.29 is 24.1 Å². The van der Waals surface area contributed by atoms with Crippen LogP contribution in [-0.4, -0.2) is 49.7 Å². The third-order valence-corrected chi connectivity index (χ3v) is 2.51. The van der Waals surface area contributed by atoms with Gasteiger partial charge in [0.05, 0.1) is 32.0 Å². The molecule has 0 aromatic rings. The first-order chi connectivity index (χ1) is 7.66. The van der Waals surface area contributed by atoms with E-state index in [1.54, 1.807) is 0 Å². The van der Waals surface area contributed by atoms with E-state index in [0.29, 0.717) is 39.1 Å². The van der Waals surface area contributed by atoms with Gasteiger partial charge < -0.3 is 19.3 Å². The van der Waals surface area contributed by atoms with E-state index in [-0.39, 0.29) is 24.8 Å². The smallest absolute Gasteiger partial charge is 0.305 e. The molecule has 1 atom stereocenters. The molecule has 0 aromatic carbocycles. The largest absolute Gasteiger partial charge is 0.466 e. The average molecular weight is 232 g/mol. The zero-order valence-electron chi connectivity index (χ0n) is 9.74. The van der Waals surface area contributed by atoms with E-state index < -0.39 is 0 Å². The summed E-state index contributed by atoms with van der Waals surface area (Å²) in [7, 11) is 0. The molecule has 94 valence electrons. The van der Waals surface area contributed by atoms with E-state index in [1.807, 2.05) is 6.92 Å². The summed E-state index contributed by atoms with van der Waals surface area (Å²) in [6, 6.07) is 0. The van der Waals surface area contributed by atoms with Crippen molar-refractivity contribution in [2.45, 2.75) is 31.8 Å². The highest BCUT2D eigenvalue weighted by atomic mass is 16.6. The zero-order chi connectivity index (χ0) is 11.9. The van der Waals surface area contributed by atoms with Crippen LogP contribution in [0.1, 0.15) is 26.2 Å². The number of carbonyl (C=O) groups excluding carboxylic acids is 1. The van der Waals surface area contributed by atoms with Crippen molar-refractivity contribution in [1.29, 1.82) is 0 Å². The van der Waals surface area contributed by atoms with Crippen molar-refractivity contribution in [3.8, 4) is 0 Å². The van der Waals surface area contributed by atoms with E-state index in [1.165, 1.54) is 0 Å². The third kappa shape index (κ3) is 4.92. The van der Waals surface area contributed by atoms with Crippen LogP contribution in [-0.2, 0) is 19.0 Å². The quantitative estimate of drug-likeness (QED) is 0.533. The van der Waals surface area contributed by atoms with E-state index in [0.717, 1.165) is 0 Å². The van der Waals surface area contributed by atoms with Gasteiger partial charge in [0.25, 0.3) is 0 Å². The second kappa shape index (κ2) is 6.83. The van der Waals surface area contributed by atoms with Crippen LogP contribution >= 0.6 is 0 Å². The van der Waals surface area contributed by atoms with Gasteiger partial charge in [0.15, 0.2) is 0 Å². The van der Waals surface area contributed by atoms with E-state index >= 15 is 0 Å². The van der Waals surface area contributed by atoms with Crippen LogP contribution in [0.15, 0.2) is 0 Å². The molecule has 0 saturated carbocycles. The molecule has 1 fully saturated rings. The predicted molar refractivity (Wildman–Crippen MR) is 57.1 cm³/mol. The Morgan fingerprint density at radius 3 is 2.94 bits per heavy atom. The van der Waals surface area contributed by atoms with Gasteiger partial charge in [-0.25, -0.2) is 0 Å². The summed E-state index contributed by atoms with van der Waals surface area (Å²) >= 11 is 0. The Morgan fingerprint density at radius 2 is 2.31 bits per heavy atom. The van der Waals surface area contributed by atoms with Gasteiger partial charge in [0.1, 0.15) is 0 Å². The van der Waals surface area contributed by atoms with E-state index in [4.69, 9.17) is 19.3 Å². The molecule has 1 aliphatic rings. The first kappa shape index (κ1) is 13.4. The Labute approximate surface area is 95.7 Å². The van der Waals surface area contributed by atoms with Crippen molar-refractivity contribution in [3.63, 3.8) is 0 Å². The molecule has 5 heteroatoms. The summed E-state index contributed by atoms with van der Waals surface area (Å²) in [5.74, 6) is -0.246. The number of carbonyl (C=O) groups is 1. The fourth-order valence-corrected chi connectivity index (χ4v) is 1.51. The lowest BCUT2D eigenvalue weighted by Gasteiger charge is -2.33. The normalized spacial score (nSPS) is 25.4. The average Bonchev–Trinajstić information content (AvgIpc) is 2.28. The molecule has 0 bridgehead atoms. The first-order valence-corrected chi connectivity index (χ1v) is 5.64. The number of hydrogen-bond donors (Lipinski definition) is 1. The summed E-state index contributed by atoms with van der Waals surface area (Å²) in [4.78, 5) is 11.3. The van der Waals surface area contributed by atoms with Crippen LogP contribution < -0.4 is 0 Å². The number of esters is 1. The molecular formula is C11H20O5. The Morgan fingerprint density at radius 1 is 1.50 bits per heavy atom. The lowest BCUT2D eigenvalue weighted by atomic mass is 10.0. The standard InChI is InChI=1S/C11H20O5/c1-11(9-14-7-8-16-11)4-3-10(13)15-6-2-5-12/h12H,2-9H2,1H3. The van der Waals surface area contributed by atoms with Crippen LogP contribution in [0, 0.1) is 0 Å². The van der Waals surface area contributed by atoms with Gasteiger partial charge in [-0.1, -0.05) is 0 Å². The minimum Gasteiger partial charge on any atom is -0.466 e. The Kier molecular flexibility index (Phi) is 5.73. The molecule has 0 spiro atoms. The van der Waals surface area contributed by atoms with Gasteiger partial charge in [0.2, 0.25) is 0 Å². The molecule has 0 aliphatic carbocycles. The summed E-state index contributed by atoms with van der Waals surface area (Å²) in [6.07, 6.45) is 1.42. The van der Waals surface area contributed by atoms with Gasteiger partial charge in [0, 0.05) is 19.4 Å². The van der Waals surface area contributed by atoms with Crippen molar-refractivity contribution in [2.75, 3.05) is 33.0 Å². The van der Waals surface area contributed by atoms with Crippen LogP contribution in [0.3, 0.4) is 0 Å². The lowest BCUT2D eigenvalue weighted by Crippen LogP contribution is -2.40. The van der Waals surface area contributed by atoms with Crippen LogP contribution in [0.5, 0.6) is 0 Å². The highest BCUT2D eigenvalue weighted by Crippen LogP contribution is 2.21. The molecule has 1 unspecified atom stereocenters. The van der Waals surface area contributed by atoms with E-state index in [2.05, 4.69) is 0 Å². The minimum absolute atomic E-state index is 0.0436. The molecule has 1 rings (SSSR count). The van der Waals surface area contributed by atoms with Crippen molar-refractivity contribution in [3.05, 3.63) is 0 Å². The van der Waals surface area contributed by atoms with Gasteiger partial charge in [-0.3, -0.25) is 4.79 Å². The minimum atomic E-state index is -0.367. The molecular weight excluding hydrogens is 212 g/mol. The van der Waals surface area contributed by atoms with Gasteiger partial charge >= 0.3 is 5.97 Å². The molecule has 1 N–H and O–H groups in total. The monoisotopic (exact) mass is 232 g/mol. The highest BCUT2D eigenvalue weighted by Gasteiger charge is 2.29. The summed E-state index contributed by atoms with van der Waals surface area (Å²) in [5.41, 5.74) is -0.367. The summed E-state index contributed by atoms with van der Waals surface area (Å²) < 4.78 is 15.8. The summed E-state index contributed by atoms with van der Waals surface area (Å²) in [5, 5.41) is 8.53. The third-order valence-electron chi connectivity index (χ3n) is 2.51. The zero-order valence-corrected chi connectivity index (χ0v) is 9.74. The maximum atomic E-state index is 11.3. The maximum absolute atomic E-state index is 11.3. The molecule has 1 aliphatic heterocycles. The van der Waals surface area contributed by atoms with Crippen molar-refractivity contribution >= 4 is 5.97 Å². The molecule has 0 aromatic heterocycles. The maximum Gasteiger partial charge on any atom is 0.305 e. The van der Waals surface area contributed by atoms with Crippen LogP contribution in [0.25, 0.3) is 0 Å². The fraction of sp³-hybridized carbons (Fsp3) is 0.909. The van der Waals surface area contributed by atoms with Crippen LogP contribution in [0.2, 0.25) is 0 Å². The number of aliphatic hydroxyl groups excluding tert-OH is 1. The van der Waals surface area contributed by atoms with Gasteiger partial charge in [-0.15, -0.1) is 0 Å². The second-order valence-electron chi connectivity index (χ2n) is 4.15. The Bertz CT molecular complexity index is 210. The number of rotatable bonds is 6. The first-order valence-electron chi connectivity index (χ1n) is 5.64. The molecule has 1 saturated heterocycles. The Balaban J connectivity index is 2.14. The van der Waals surface area contributed by atoms with Gasteiger partial charge in [-0.05, 0) is 13.3 Å². The van der Waals surface area contributed by atoms with E-state index in [9.17, 15) is 4.79 Å². The Hall–Kier alpha value is -0.650. The second-order valence-corrected chi connectivity index (χ2v) is 4.15. The summed E-state index contributed by atoms with van der Waals surface area (Å²) in [6.45, 7) is 3.99. The number of hydrogen-bond acceptors (Lipinski definition) is 5. The van der Waals surface area contributed by atoms with Crippen LogP contribution in [0.4, 0.5) is 0 Å². The fourth-order valence-electron chi connectivity index (χ4n) is 1.51. The topological polar surface area (TPSA) is 65.0 Å². The number of aliphatic hydroxyl groups is 1. The molecule has 16 heavy (non-hydrogen) atoms. The molecule has 0 radical (unpaired) electrons. The molecule has 1 heterocycles. The number of ether oxygens (including phenoxy) is 3. The van der Waals surface area contributed by atoms with Crippen molar-refractivity contribution in [1.82, 2.24) is 0 Å². The molecule has 0 amide bonds. The SMILES string of the molecule is CC1(CCC(=O)OCCCO)COCCO1.